The van der Waals surface area contributed by atoms with Gasteiger partial charge in [-0.1, -0.05) is 18.2 Å². The van der Waals surface area contributed by atoms with Crippen LogP contribution in [0.25, 0.3) is 0 Å². The number of rotatable bonds is 9. The minimum Gasteiger partial charge on any atom is -0.491 e. The molecule has 1 unspecified atom stereocenters. The van der Waals surface area contributed by atoms with Gasteiger partial charge in [0.25, 0.3) is 0 Å². The van der Waals surface area contributed by atoms with Gasteiger partial charge in [0.05, 0.1) is 6.61 Å². The number of benzene rings is 1. The highest BCUT2D eigenvalue weighted by atomic mass is 16.5. The summed E-state index contributed by atoms with van der Waals surface area (Å²) in [6, 6.07) is 10.2. The molecule has 0 spiro atoms. The van der Waals surface area contributed by atoms with Gasteiger partial charge < -0.3 is 19.7 Å². The van der Waals surface area contributed by atoms with Crippen molar-refractivity contribution in [1.29, 1.82) is 0 Å². The molecule has 1 fully saturated rings. The molecular formula is C19H30N2O3. The van der Waals surface area contributed by atoms with Crippen molar-refractivity contribution in [2.75, 3.05) is 39.5 Å². The number of likely N-dealkylation sites (tertiary alicyclic amines) is 1. The molecule has 1 aromatic carbocycles. The highest BCUT2D eigenvalue weighted by Crippen LogP contribution is 2.17. The first-order valence-electron chi connectivity index (χ1n) is 8.91. The van der Waals surface area contributed by atoms with Gasteiger partial charge in [-0.2, -0.15) is 0 Å². The number of carbonyl (C=O) groups is 1. The molecule has 1 saturated heterocycles. The van der Waals surface area contributed by atoms with Gasteiger partial charge in [-0.25, -0.2) is 0 Å². The van der Waals surface area contributed by atoms with Gasteiger partial charge in [0.15, 0.2) is 0 Å². The van der Waals surface area contributed by atoms with Crippen LogP contribution in [0.1, 0.15) is 26.7 Å². The minimum atomic E-state index is -0.0450. The molecule has 0 bridgehead atoms. The molecule has 1 aliphatic rings. The number of piperidine rings is 1. The predicted molar refractivity (Wildman–Crippen MR) is 95.2 cm³/mol. The number of carbonyl (C=O) groups excluding carboxylic acids is 1. The number of amides is 1. The summed E-state index contributed by atoms with van der Waals surface area (Å²) in [6.07, 6.45) is 2.40. The fourth-order valence-corrected chi connectivity index (χ4v) is 2.94. The smallest absolute Gasteiger partial charge is 0.246 e. The zero-order valence-electron chi connectivity index (χ0n) is 14.9. The largest absolute Gasteiger partial charge is 0.491 e. The molecule has 0 aromatic heterocycles. The van der Waals surface area contributed by atoms with Crippen molar-refractivity contribution in [3.05, 3.63) is 30.3 Å². The predicted octanol–water partition coefficient (Wildman–Crippen LogP) is 2.32. The second kappa shape index (κ2) is 10.3. The van der Waals surface area contributed by atoms with E-state index in [4.69, 9.17) is 9.47 Å². The van der Waals surface area contributed by atoms with E-state index in [0.717, 1.165) is 18.8 Å². The Bertz CT molecular complexity index is 479. The van der Waals surface area contributed by atoms with E-state index in [2.05, 4.69) is 24.1 Å². The van der Waals surface area contributed by atoms with Crippen LogP contribution in [0.3, 0.4) is 0 Å². The highest BCUT2D eigenvalue weighted by Gasteiger charge is 2.21. The molecule has 1 heterocycles. The lowest BCUT2D eigenvalue weighted by Crippen LogP contribution is -2.44. The molecule has 5 heteroatoms. The number of hydrogen-bond acceptors (Lipinski definition) is 4. The summed E-state index contributed by atoms with van der Waals surface area (Å²) in [5, 5.41) is 2.99. The maximum atomic E-state index is 11.8. The number of hydrogen-bond donors (Lipinski definition) is 1. The van der Waals surface area contributed by atoms with E-state index in [1.165, 1.54) is 19.4 Å². The lowest BCUT2D eigenvalue weighted by Gasteiger charge is -2.35. The Morgan fingerprint density at radius 1 is 1.29 bits per heavy atom. The number of ether oxygens (including phenoxy) is 2. The molecule has 1 aromatic rings. The average Bonchev–Trinajstić information content (AvgIpc) is 2.61. The van der Waals surface area contributed by atoms with Crippen molar-refractivity contribution < 1.29 is 14.3 Å². The number of nitrogens with zero attached hydrogens (tertiary/aromatic N) is 1. The third-order valence-corrected chi connectivity index (χ3v) is 4.34. The minimum absolute atomic E-state index is 0.0450. The first-order chi connectivity index (χ1) is 11.6. The summed E-state index contributed by atoms with van der Waals surface area (Å²) in [5.74, 6) is 1.32. The Labute approximate surface area is 145 Å². The Kier molecular flexibility index (Phi) is 8.05. The molecule has 1 atom stereocenters. The van der Waals surface area contributed by atoms with Crippen molar-refractivity contribution in [3.63, 3.8) is 0 Å². The van der Waals surface area contributed by atoms with Gasteiger partial charge >= 0.3 is 0 Å². The summed E-state index contributed by atoms with van der Waals surface area (Å²) in [4.78, 5) is 14.3. The molecule has 1 aliphatic heterocycles. The zero-order valence-corrected chi connectivity index (χ0v) is 14.9. The summed E-state index contributed by atoms with van der Waals surface area (Å²) < 4.78 is 10.9. The molecule has 2 rings (SSSR count). The zero-order chi connectivity index (χ0) is 17.2. The molecule has 0 aliphatic carbocycles. The molecule has 1 N–H and O–H groups in total. The van der Waals surface area contributed by atoms with Crippen molar-refractivity contribution in [1.82, 2.24) is 10.2 Å². The summed E-state index contributed by atoms with van der Waals surface area (Å²) in [6.45, 7) is 8.40. The third-order valence-electron chi connectivity index (χ3n) is 4.34. The summed E-state index contributed by atoms with van der Waals surface area (Å²) >= 11 is 0. The van der Waals surface area contributed by atoms with Gasteiger partial charge in [0.2, 0.25) is 5.91 Å². The van der Waals surface area contributed by atoms with E-state index < -0.39 is 0 Å². The van der Waals surface area contributed by atoms with Crippen LogP contribution in [0.4, 0.5) is 0 Å². The Hall–Kier alpha value is -1.59. The second-order valence-electron chi connectivity index (χ2n) is 6.62. The maximum Gasteiger partial charge on any atom is 0.246 e. The van der Waals surface area contributed by atoms with Crippen LogP contribution < -0.4 is 10.1 Å². The van der Waals surface area contributed by atoms with Crippen LogP contribution in [0, 0.1) is 5.92 Å². The second-order valence-corrected chi connectivity index (χ2v) is 6.62. The van der Waals surface area contributed by atoms with E-state index in [0.29, 0.717) is 25.2 Å². The summed E-state index contributed by atoms with van der Waals surface area (Å²) in [5.41, 5.74) is 0. The first kappa shape index (κ1) is 18.7. The highest BCUT2D eigenvalue weighted by molar-refractivity contribution is 5.77. The molecule has 0 radical (unpaired) electrons. The molecule has 5 nitrogen and oxygen atoms in total. The maximum absolute atomic E-state index is 11.8. The van der Waals surface area contributed by atoms with Crippen molar-refractivity contribution in [3.8, 4) is 5.75 Å². The van der Waals surface area contributed by atoms with E-state index in [1.807, 2.05) is 30.3 Å². The van der Waals surface area contributed by atoms with Crippen molar-refractivity contribution in [2.24, 2.45) is 5.92 Å². The molecule has 1 amide bonds. The molecule has 134 valence electrons. The van der Waals surface area contributed by atoms with E-state index in [-0.39, 0.29) is 12.5 Å². The third kappa shape index (κ3) is 6.89. The van der Waals surface area contributed by atoms with Gasteiger partial charge in [-0.15, -0.1) is 0 Å². The van der Waals surface area contributed by atoms with Gasteiger partial charge in [-0.3, -0.25) is 4.79 Å². The van der Waals surface area contributed by atoms with E-state index in [1.54, 1.807) is 0 Å². The number of nitrogens with one attached hydrogen (secondary N) is 1. The SMILES string of the molecule is CC(C)N1CCCC(CNC(=O)COCCOc2ccccc2)C1. The molecular weight excluding hydrogens is 304 g/mol. The standard InChI is InChI=1S/C19H30N2O3/c1-16(2)21-10-6-7-17(14-21)13-20-19(22)15-23-11-12-24-18-8-4-3-5-9-18/h3-5,8-9,16-17H,6-7,10-15H2,1-2H3,(H,20,22). The number of para-hydroxylation sites is 1. The van der Waals surface area contributed by atoms with Crippen LogP contribution in [0.5, 0.6) is 5.75 Å². The Morgan fingerprint density at radius 3 is 2.83 bits per heavy atom. The van der Waals surface area contributed by atoms with Crippen LogP contribution in [0.2, 0.25) is 0 Å². The molecule has 24 heavy (non-hydrogen) atoms. The first-order valence-corrected chi connectivity index (χ1v) is 8.91. The fraction of sp³-hybridized carbons (Fsp3) is 0.632. The van der Waals surface area contributed by atoms with Crippen LogP contribution >= 0.6 is 0 Å². The van der Waals surface area contributed by atoms with Crippen LogP contribution in [-0.2, 0) is 9.53 Å². The van der Waals surface area contributed by atoms with Gasteiger partial charge in [0.1, 0.15) is 19.0 Å². The monoisotopic (exact) mass is 334 g/mol. The van der Waals surface area contributed by atoms with E-state index in [9.17, 15) is 4.79 Å². The van der Waals surface area contributed by atoms with Crippen LogP contribution in [-0.4, -0.2) is 56.3 Å². The Balaban J connectivity index is 1.52. The van der Waals surface area contributed by atoms with Crippen molar-refractivity contribution >= 4 is 5.91 Å². The average molecular weight is 334 g/mol. The quantitative estimate of drug-likeness (QED) is 0.704. The van der Waals surface area contributed by atoms with Gasteiger partial charge in [-0.05, 0) is 51.3 Å². The summed E-state index contributed by atoms with van der Waals surface area (Å²) in [7, 11) is 0. The van der Waals surface area contributed by atoms with Gasteiger partial charge in [0, 0.05) is 19.1 Å². The topological polar surface area (TPSA) is 50.8 Å². The lowest BCUT2D eigenvalue weighted by atomic mass is 9.97. The molecule has 0 saturated carbocycles. The lowest BCUT2D eigenvalue weighted by molar-refractivity contribution is -0.126. The van der Waals surface area contributed by atoms with E-state index >= 15 is 0 Å². The van der Waals surface area contributed by atoms with Crippen LogP contribution in [0.15, 0.2) is 30.3 Å². The van der Waals surface area contributed by atoms with Crippen molar-refractivity contribution in [2.45, 2.75) is 32.7 Å². The normalized spacial score (nSPS) is 18.5. The Morgan fingerprint density at radius 2 is 2.08 bits per heavy atom. The fourth-order valence-electron chi connectivity index (χ4n) is 2.94.